The minimum absolute atomic E-state index is 0.542. The zero-order valence-electron chi connectivity index (χ0n) is 12.4. The molecule has 1 saturated carbocycles. The topological polar surface area (TPSA) is 47.1 Å². The highest BCUT2D eigenvalue weighted by Crippen LogP contribution is 2.33. The molecule has 20 heavy (non-hydrogen) atoms. The van der Waals surface area contributed by atoms with Crippen LogP contribution < -0.4 is 10.6 Å². The van der Waals surface area contributed by atoms with Gasteiger partial charge in [0.25, 0.3) is 0 Å². The Balaban J connectivity index is 2.01. The Hall–Kier alpha value is -1.55. The van der Waals surface area contributed by atoms with Crippen LogP contribution in [0, 0.1) is 5.92 Å². The molecule has 2 aromatic rings. The number of nitrogens with two attached hydrogens (primary N) is 1. The van der Waals surface area contributed by atoms with E-state index >= 15 is 0 Å². The largest absolute Gasteiger partial charge is 0.339 e. The van der Waals surface area contributed by atoms with Gasteiger partial charge < -0.3 is 15.2 Å². The van der Waals surface area contributed by atoms with E-state index < -0.39 is 0 Å². The third kappa shape index (κ3) is 2.08. The van der Waals surface area contributed by atoms with Crippen LogP contribution in [0.15, 0.2) is 24.3 Å². The molecule has 108 valence electrons. The fourth-order valence-corrected chi connectivity index (χ4v) is 3.62. The molecule has 1 aliphatic rings. The number of nitrogens with zero attached hydrogens (tertiary/aromatic N) is 3. The zero-order chi connectivity index (χ0) is 14.1. The molecule has 0 amide bonds. The summed E-state index contributed by atoms with van der Waals surface area (Å²) in [6, 6.07) is 8.88. The lowest BCUT2D eigenvalue weighted by Gasteiger charge is -2.32. The van der Waals surface area contributed by atoms with E-state index in [1.54, 1.807) is 0 Å². The van der Waals surface area contributed by atoms with E-state index in [1.165, 1.54) is 24.8 Å². The van der Waals surface area contributed by atoms with Crippen molar-refractivity contribution in [3.05, 3.63) is 24.3 Å². The second-order valence-corrected chi connectivity index (χ2v) is 5.74. The van der Waals surface area contributed by atoms with Gasteiger partial charge in [0.15, 0.2) is 0 Å². The first-order valence-corrected chi connectivity index (χ1v) is 7.64. The Bertz CT molecular complexity index is 589. The molecule has 0 bridgehead atoms. The summed E-state index contributed by atoms with van der Waals surface area (Å²) in [5.74, 6) is 1.69. The number of imidazole rings is 1. The third-order valence-electron chi connectivity index (χ3n) is 4.68. The smallest absolute Gasteiger partial charge is 0.206 e. The molecule has 0 saturated heterocycles. The fraction of sp³-hybridized carbons (Fsp3) is 0.562. The van der Waals surface area contributed by atoms with E-state index in [1.807, 2.05) is 6.07 Å². The van der Waals surface area contributed by atoms with E-state index in [0.29, 0.717) is 12.0 Å². The number of rotatable bonds is 4. The van der Waals surface area contributed by atoms with Crippen molar-refractivity contribution in [1.29, 1.82) is 0 Å². The number of benzene rings is 1. The number of aryl methyl sites for hydroxylation is 1. The molecule has 0 spiro atoms. The molecule has 0 aliphatic heterocycles. The van der Waals surface area contributed by atoms with Crippen LogP contribution >= 0.6 is 0 Å². The van der Waals surface area contributed by atoms with Crippen molar-refractivity contribution in [3.63, 3.8) is 0 Å². The van der Waals surface area contributed by atoms with Crippen molar-refractivity contribution in [2.24, 2.45) is 18.7 Å². The van der Waals surface area contributed by atoms with Crippen molar-refractivity contribution in [2.45, 2.75) is 32.2 Å². The molecule has 0 radical (unpaired) electrons. The maximum Gasteiger partial charge on any atom is 0.206 e. The minimum atomic E-state index is 0.542. The summed E-state index contributed by atoms with van der Waals surface area (Å²) < 4.78 is 2.21. The van der Waals surface area contributed by atoms with Crippen LogP contribution in [0.5, 0.6) is 0 Å². The average molecular weight is 272 g/mol. The van der Waals surface area contributed by atoms with Crippen LogP contribution in [0.1, 0.15) is 26.2 Å². The lowest BCUT2D eigenvalue weighted by molar-refractivity contribution is 0.454. The molecule has 1 aromatic carbocycles. The van der Waals surface area contributed by atoms with Crippen molar-refractivity contribution in [3.8, 4) is 0 Å². The molecule has 1 aromatic heterocycles. The van der Waals surface area contributed by atoms with Crippen molar-refractivity contribution < 1.29 is 0 Å². The number of anilines is 1. The molecule has 2 unspecified atom stereocenters. The highest BCUT2D eigenvalue weighted by atomic mass is 15.3. The Labute approximate surface area is 120 Å². The number of hydrogen-bond donors (Lipinski definition) is 1. The molecule has 4 heteroatoms. The minimum Gasteiger partial charge on any atom is -0.339 e. The maximum absolute atomic E-state index is 5.95. The Morgan fingerprint density at radius 1 is 1.35 bits per heavy atom. The molecular weight excluding hydrogens is 248 g/mol. The van der Waals surface area contributed by atoms with Crippen LogP contribution in [0.2, 0.25) is 0 Å². The Kier molecular flexibility index (Phi) is 3.66. The van der Waals surface area contributed by atoms with Gasteiger partial charge in [0.2, 0.25) is 5.95 Å². The van der Waals surface area contributed by atoms with Gasteiger partial charge in [0.1, 0.15) is 0 Å². The molecule has 1 aliphatic carbocycles. The summed E-state index contributed by atoms with van der Waals surface area (Å²) in [6.45, 7) is 3.98. The van der Waals surface area contributed by atoms with Crippen molar-refractivity contribution in [1.82, 2.24) is 9.55 Å². The maximum atomic E-state index is 5.95. The normalized spacial score (nSPS) is 22.6. The van der Waals surface area contributed by atoms with Crippen LogP contribution in [-0.4, -0.2) is 28.7 Å². The number of para-hydroxylation sites is 2. The predicted octanol–water partition coefficient (Wildman–Crippen LogP) is 2.53. The molecule has 3 rings (SSSR count). The SMILES string of the molecule is CCN(c1nc2ccccc2n1C)C1CCCC1CN. The highest BCUT2D eigenvalue weighted by molar-refractivity contribution is 5.78. The van der Waals surface area contributed by atoms with E-state index in [9.17, 15) is 0 Å². The first-order valence-electron chi connectivity index (χ1n) is 7.64. The number of aromatic nitrogens is 2. The van der Waals surface area contributed by atoms with Gasteiger partial charge in [-0.15, -0.1) is 0 Å². The van der Waals surface area contributed by atoms with Gasteiger partial charge >= 0.3 is 0 Å². The summed E-state index contributed by atoms with van der Waals surface area (Å²) in [6.07, 6.45) is 3.77. The number of hydrogen-bond acceptors (Lipinski definition) is 3. The second-order valence-electron chi connectivity index (χ2n) is 5.74. The molecular formula is C16H24N4. The van der Waals surface area contributed by atoms with Gasteiger partial charge in [-0.25, -0.2) is 4.98 Å². The Morgan fingerprint density at radius 3 is 2.85 bits per heavy atom. The standard InChI is InChI=1S/C16H24N4/c1-3-20(14-10-6-7-12(14)11-17)16-18-13-8-4-5-9-15(13)19(16)2/h4-5,8-9,12,14H,3,6-7,10-11,17H2,1-2H3. The van der Waals surface area contributed by atoms with E-state index in [-0.39, 0.29) is 0 Å². The summed E-state index contributed by atoms with van der Waals surface area (Å²) >= 11 is 0. The Morgan fingerprint density at radius 2 is 2.15 bits per heavy atom. The lowest BCUT2D eigenvalue weighted by atomic mass is 10.0. The van der Waals surface area contributed by atoms with E-state index in [2.05, 4.69) is 41.6 Å². The molecule has 1 fully saturated rings. The number of fused-ring (bicyclic) bond motifs is 1. The quantitative estimate of drug-likeness (QED) is 0.930. The van der Waals surface area contributed by atoms with Crippen LogP contribution in [0.3, 0.4) is 0 Å². The molecule has 2 N–H and O–H groups in total. The molecule has 4 nitrogen and oxygen atoms in total. The summed E-state index contributed by atoms with van der Waals surface area (Å²) in [5, 5.41) is 0. The van der Waals surface area contributed by atoms with Crippen molar-refractivity contribution >= 4 is 17.0 Å². The van der Waals surface area contributed by atoms with Gasteiger partial charge in [0, 0.05) is 19.6 Å². The van der Waals surface area contributed by atoms with Gasteiger partial charge in [-0.3, -0.25) is 0 Å². The molecule has 2 atom stereocenters. The van der Waals surface area contributed by atoms with Gasteiger partial charge in [0.05, 0.1) is 11.0 Å². The van der Waals surface area contributed by atoms with Crippen LogP contribution in [-0.2, 0) is 7.05 Å². The van der Waals surface area contributed by atoms with Crippen LogP contribution in [0.25, 0.3) is 11.0 Å². The summed E-state index contributed by atoms with van der Waals surface area (Å²) in [5.41, 5.74) is 8.23. The monoisotopic (exact) mass is 272 g/mol. The lowest BCUT2D eigenvalue weighted by Crippen LogP contribution is -2.41. The average Bonchev–Trinajstić information content (AvgIpc) is 3.06. The van der Waals surface area contributed by atoms with Gasteiger partial charge in [-0.2, -0.15) is 0 Å². The van der Waals surface area contributed by atoms with Gasteiger partial charge in [-0.1, -0.05) is 18.6 Å². The van der Waals surface area contributed by atoms with Gasteiger partial charge in [-0.05, 0) is 44.4 Å². The fourth-order valence-electron chi connectivity index (χ4n) is 3.62. The second kappa shape index (κ2) is 5.44. The predicted molar refractivity (Wildman–Crippen MR) is 83.9 cm³/mol. The first kappa shape index (κ1) is 13.4. The van der Waals surface area contributed by atoms with E-state index in [4.69, 9.17) is 10.7 Å². The first-order chi connectivity index (χ1) is 9.76. The van der Waals surface area contributed by atoms with E-state index in [0.717, 1.165) is 24.6 Å². The summed E-state index contributed by atoms with van der Waals surface area (Å²) in [7, 11) is 2.11. The van der Waals surface area contributed by atoms with Crippen LogP contribution in [0.4, 0.5) is 5.95 Å². The zero-order valence-corrected chi connectivity index (χ0v) is 12.4. The highest BCUT2D eigenvalue weighted by Gasteiger charge is 2.32. The molecule has 1 heterocycles. The van der Waals surface area contributed by atoms with Crippen molar-refractivity contribution in [2.75, 3.05) is 18.0 Å². The summed E-state index contributed by atoms with van der Waals surface area (Å²) in [4.78, 5) is 7.29. The third-order valence-corrected chi connectivity index (χ3v) is 4.68.